The summed E-state index contributed by atoms with van der Waals surface area (Å²) in [5, 5.41) is 43.6. The fourth-order valence-electron chi connectivity index (χ4n) is 2.29. The standard InChI is InChI=1S/C12H18N2O7/c1-6-3-4-21-12(7(16)10(2,19)5-15)9(18)13-11(6,20)8(17)14-12/h7,15-16,19-20H,1,3-5H2,2H3,(H,13,18)(H,14,17)/t7-,10+,11+,12?/m0/s1. The topological polar surface area (TPSA) is 148 Å². The Kier molecular flexibility index (Phi) is 3.59. The maximum Gasteiger partial charge on any atom is 0.280 e. The van der Waals surface area contributed by atoms with E-state index in [0.29, 0.717) is 0 Å². The van der Waals surface area contributed by atoms with Gasteiger partial charge in [0, 0.05) is 0 Å². The van der Waals surface area contributed by atoms with Gasteiger partial charge in [0.1, 0.15) is 11.7 Å². The van der Waals surface area contributed by atoms with Crippen LogP contribution in [0.25, 0.3) is 0 Å². The molecular weight excluding hydrogens is 284 g/mol. The van der Waals surface area contributed by atoms with Crippen LogP contribution >= 0.6 is 0 Å². The third kappa shape index (κ3) is 2.14. The van der Waals surface area contributed by atoms with Crippen LogP contribution in [-0.2, 0) is 14.3 Å². The second-order valence-electron chi connectivity index (χ2n) is 5.47. The highest BCUT2D eigenvalue weighted by molar-refractivity contribution is 6.02. The maximum atomic E-state index is 12.2. The molecule has 118 valence electrons. The van der Waals surface area contributed by atoms with Crippen molar-refractivity contribution in [2.75, 3.05) is 13.2 Å². The third-order valence-electron chi connectivity index (χ3n) is 3.80. The molecule has 3 saturated heterocycles. The minimum absolute atomic E-state index is 0.0325. The zero-order chi connectivity index (χ0) is 16.1. The summed E-state index contributed by atoms with van der Waals surface area (Å²) in [6.45, 7) is 3.59. The van der Waals surface area contributed by atoms with Crippen molar-refractivity contribution >= 4 is 11.8 Å². The van der Waals surface area contributed by atoms with Gasteiger partial charge in [0.05, 0.1) is 13.2 Å². The first kappa shape index (κ1) is 15.9. The van der Waals surface area contributed by atoms with Crippen LogP contribution in [0.1, 0.15) is 13.3 Å². The van der Waals surface area contributed by atoms with E-state index in [1.807, 2.05) is 5.32 Å². The molecule has 3 aliphatic rings. The van der Waals surface area contributed by atoms with E-state index in [1.165, 1.54) is 0 Å². The number of fused-ring (bicyclic) bond motifs is 5. The number of rotatable bonds is 3. The number of hydrogen-bond acceptors (Lipinski definition) is 7. The molecule has 0 spiro atoms. The van der Waals surface area contributed by atoms with E-state index in [4.69, 9.17) is 9.84 Å². The number of nitrogens with one attached hydrogen (secondary N) is 2. The number of aliphatic hydroxyl groups excluding tert-OH is 2. The summed E-state index contributed by atoms with van der Waals surface area (Å²) in [5.41, 5.74) is -6.69. The van der Waals surface area contributed by atoms with Crippen molar-refractivity contribution in [1.29, 1.82) is 0 Å². The van der Waals surface area contributed by atoms with Crippen molar-refractivity contribution < 1.29 is 34.8 Å². The lowest BCUT2D eigenvalue weighted by atomic mass is 9.85. The molecule has 3 aliphatic heterocycles. The van der Waals surface area contributed by atoms with Crippen LogP contribution in [0.4, 0.5) is 0 Å². The van der Waals surface area contributed by atoms with Gasteiger partial charge in [-0.05, 0) is 18.9 Å². The van der Waals surface area contributed by atoms with Gasteiger partial charge in [-0.15, -0.1) is 0 Å². The zero-order valence-corrected chi connectivity index (χ0v) is 11.4. The first-order valence-corrected chi connectivity index (χ1v) is 6.31. The molecule has 0 aromatic heterocycles. The maximum absolute atomic E-state index is 12.2. The predicted molar refractivity (Wildman–Crippen MR) is 67.4 cm³/mol. The van der Waals surface area contributed by atoms with Crippen molar-refractivity contribution in [3.05, 3.63) is 12.2 Å². The first-order chi connectivity index (χ1) is 9.60. The number of piperazine rings is 1. The molecule has 3 heterocycles. The van der Waals surface area contributed by atoms with E-state index in [-0.39, 0.29) is 18.6 Å². The smallest absolute Gasteiger partial charge is 0.280 e. The lowest BCUT2D eigenvalue weighted by molar-refractivity contribution is -0.230. The second kappa shape index (κ2) is 4.75. The molecular formula is C12H18N2O7. The van der Waals surface area contributed by atoms with E-state index >= 15 is 0 Å². The van der Waals surface area contributed by atoms with Gasteiger partial charge in [-0.3, -0.25) is 9.59 Å². The summed E-state index contributed by atoms with van der Waals surface area (Å²) in [5.74, 6) is -2.09. The minimum Gasteiger partial charge on any atom is -0.393 e. The van der Waals surface area contributed by atoms with Gasteiger partial charge in [0.2, 0.25) is 5.72 Å². The first-order valence-electron chi connectivity index (χ1n) is 6.31. The summed E-state index contributed by atoms with van der Waals surface area (Å²) in [6, 6.07) is 0. The molecule has 0 aromatic rings. The summed E-state index contributed by atoms with van der Waals surface area (Å²) in [4.78, 5) is 24.3. The molecule has 3 fully saturated rings. The number of ether oxygens (including phenoxy) is 1. The highest BCUT2D eigenvalue weighted by atomic mass is 16.5. The van der Waals surface area contributed by atoms with Crippen LogP contribution in [0.2, 0.25) is 0 Å². The molecule has 0 saturated carbocycles. The number of aliphatic hydroxyl groups is 4. The molecule has 4 atom stereocenters. The molecule has 2 bridgehead atoms. The van der Waals surface area contributed by atoms with Crippen LogP contribution in [0.15, 0.2) is 12.2 Å². The Morgan fingerprint density at radius 2 is 2.05 bits per heavy atom. The van der Waals surface area contributed by atoms with E-state index in [9.17, 15) is 24.9 Å². The Bertz CT molecular complexity index is 506. The normalized spacial score (nSPS) is 37.1. The average Bonchev–Trinajstić information content (AvgIpc) is 2.42. The molecule has 0 aromatic carbocycles. The Morgan fingerprint density at radius 1 is 1.43 bits per heavy atom. The summed E-state index contributed by atoms with van der Waals surface area (Å²) < 4.78 is 5.27. The molecule has 0 aliphatic carbocycles. The zero-order valence-electron chi connectivity index (χ0n) is 11.4. The lowest BCUT2D eigenvalue weighted by Crippen LogP contribution is -2.82. The molecule has 0 radical (unpaired) electrons. The number of amides is 2. The second-order valence-corrected chi connectivity index (χ2v) is 5.47. The van der Waals surface area contributed by atoms with Gasteiger partial charge in [0.15, 0.2) is 0 Å². The van der Waals surface area contributed by atoms with Crippen molar-refractivity contribution in [2.45, 2.75) is 36.5 Å². The van der Waals surface area contributed by atoms with Gasteiger partial charge >= 0.3 is 0 Å². The van der Waals surface area contributed by atoms with E-state index in [0.717, 1.165) is 6.92 Å². The Labute approximate surface area is 120 Å². The van der Waals surface area contributed by atoms with Gasteiger partial charge in [-0.2, -0.15) is 0 Å². The molecule has 2 amide bonds. The molecule has 1 unspecified atom stereocenters. The predicted octanol–water partition coefficient (Wildman–Crippen LogP) is -3.30. The molecule has 9 nitrogen and oxygen atoms in total. The Morgan fingerprint density at radius 3 is 2.62 bits per heavy atom. The minimum atomic E-state index is -2.31. The monoisotopic (exact) mass is 302 g/mol. The highest BCUT2D eigenvalue weighted by Crippen LogP contribution is 2.32. The fourth-order valence-corrected chi connectivity index (χ4v) is 2.29. The van der Waals surface area contributed by atoms with Crippen LogP contribution in [0.3, 0.4) is 0 Å². The Balaban J connectivity index is 2.47. The number of carbonyl (C=O) groups excluding carboxylic acids is 2. The molecule has 9 heteroatoms. The van der Waals surface area contributed by atoms with Gasteiger partial charge in [0.25, 0.3) is 17.5 Å². The fraction of sp³-hybridized carbons (Fsp3) is 0.667. The van der Waals surface area contributed by atoms with Crippen molar-refractivity contribution in [3.8, 4) is 0 Å². The molecule has 3 rings (SSSR count). The van der Waals surface area contributed by atoms with Crippen molar-refractivity contribution in [1.82, 2.24) is 10.6 Å². The average molecular weight is 302 g/mol. The lowest BCUT2D eigenvalue weighted by Gasteiger charge is -2.49. The van der Waals surface area contributed by atoms with E-state index in [2.05, 4.69) is 11.9 Å². The summed E-state index contributed by atoms with van der Waals surface area (Å²) in [6.07, 6.45) is -1.91. The van der Waals surface area contributed by atoms with Crippen molar-refractivity contribution in [3.63, 3.8) is 0 Å². The SMILES string of the molecule is C=C1CCOC2([C@@H](O)[C@](C)(O)CO)NC(=O)[C@@]1(O)NC2=O. The largest absolute Gasteiger partial charge is 0.393 e. The van der Waals surface area contributed by atoms with Crippen LogP contribution in [-0.4, -0.2) is 68.6 Å². The van der Waals surface area contributed by atoms with Crippen LogP contribution < -0.4 is 10.6 Å². The van der Waals surface area contributed by atoms with Gasteiger partial charge < -0.3 is 35.8 Å². The van der Waals surface area contributed by atoms with E-state index in [1.54, 1.807) is 0 Å². The quantitative estimate of drug-likeness (QED) is 0.299. The Hall–Kier alpha value is -1.52. The number of hydrogen-bond donors (Lipinski definition) is 6. The third-order valence-corrected chi connectivity index (χ3v) is 3.80. The van der Waals surface area contributed by atoms with Crippen LogP contribution in [0.5, 0.6) is 0 Å². The summed E-state index contributed by atoms with van der Waals surface area (Å²) in [7, 11) is 0. The molecule has 6 N–H and O–H groups in total. The van der Waals surface area contributed by atoms with Gasteiger partial charge in [-0.25, -0.2) is 0 Å². The summed E-state index contributed by atoms with van der Waals surface area (Å²) >= 11 is 0. The van der Waals surface area contributed by atoms with E-state index < -0.39 is 41.6 Å². The van der Waals surface area contributed by atoms with Crippen molar-refractivity contribution in [2.24, 2.45) is 0 Å². The van der Waals surface area contributed by atoms with Crippen LogP contribution in [0, 0.1) is 0 Å². The number of carbonyl (C=O) groups is 2. The van der Waals surface area contributed by atoms with Gasteiger partial charge in [-0.1, -0.05) is 6.58 Å². The molecule has 21 heavy (non-hydrogen) atoms. The highest BCUT2D eigenvalue weighted by Gasteiger charge is 2.63.